The van der Waals surface area contributed by atoms with Crippen LogP contribution in [0.25, 0.3) is 0 Å². The van der Waals surface area contributed by atoms with Gasteiger partial charge in [-0.2, -0.15) is 5.26 Å². The Labute approximate surface area is 118 Å². The van der Waals surface area contributed by atoms with Crippen LogP contribution in [0.15, 0.2) is 36.0 Å². The van der Waals surface area contributed by atoms with Gasteiger partial charge in [0, 0.05) is 11.9 Å². The fraction of sp³-hybridized carbons (Fsp3) is 0.333. The zero-order chi connectivity index (χ0) is 15.0. The molecule has 1 aromatic rings. The fourth-order valence-electron chi connectivity index (χ4n) is 1.31. The van der Waals surface area contributed by atoms with Crippen molar-refractivity contribution in [2.75, 3.05) is 19.0 Å². The van der Waals surface area contributed by atoms with E-state index in [2.05, 4.69) is 23.9 Å². The number of ether oxygens (including phenoxy) is 2. The molecule has 0 aliphatic carbocycles. The summed E-state index contributed by atoms with van der Waals surface area (Å²) in [7, 11) is 1.23. The van der Waals surface area contributed by atoms with E-state index in [1.54, 1.807) is 18.2 Å². The van der Waals surface area contributed by atoms with Gasteiger partial charge in [-0.15, -0.1) is 0 Å². The maximum atomic E-state index is 11.2. The molecule has 0 bridgehead atoms. The molecule has 5 heteroatoms. The van der Waals surface area contributed by atoms with Gasteiger partial charge < -0.3 is 14.8 Å². The average molecular weight is 274 g/mol. The number of anilines is 1. The van der Waals surface area contributed by atoms with Gasteiger partial charge >= 0.3 is 5.97 Å². The average Bonchev–Trinajstić information content (AvgIpc) is 2.46. The van der Waals surface area contributed by atoms with Gasteiger partial charge in [0.05, 0.1) is 13.7 Å². The Balaban J connectivity index is 2.64. The number of nitrogens with one attached hydrogen (secondary N) is 1. The summed E-state index contributed by atoms with van der Waals surface area (Å²) in [4.78, 5) is 11.2. The molecule has 106 valence electrons. The highest BCUT2D eigenvalue weighted by Crippen LogP contribution is 2.16. The number of nitrogens with zero attached hydrogens (tertiary/aromatic N) is 1. The van der Waals surface area contributed by atoms with Gasteiger partial charge in [-0.05, 0) is 30.2 Å². The van der Waals surface area contributed by atoms with Crippen LogP contribution in [0.4, 0.5) is 5.69 Å². The summed E-state index contributed by atoms with van der Waals surface area (Å²) in [6, 6.07) is 9.02. The number of carbonyl (C=O) groups is 1. The minimum absolute atomic E-state index is 0.0902. The lowest BCUT2D eigenvalue weighted by molar-refractivity contribution is -0.135. The number of esters is 1. The van der Waals surface area contributed by atoms with E-state index in [0.29, 0.717) is 12.5 Å². The van der Waals surface area contributed by atoms with E-state index in [0.717, 1.165) is 11.4 Å². The normalized spacial score (nSPS) is 10.8. The third-order valence-electron chi connectivity index (χ3n) is 2.35. The first-order chi connectivity index (χ1) is 9.56. The van der Waals surface area contributed by atoms with Crippen LogP contribution >= 0.6 is 0 Å². The van der Waals surface area contributed by atoms with Crippen molar-refractivity contribution in [3.05, 3.63) is 36.0 Å². The van der Waals surface area contributed by atoms with Crippen LogP contribution in [0.3, 0.4) is 0 Å². The maximum absolute atomic E-state index is 11.2. The lowest BCUT2D eigenvalue weighted by atomic mass is 10.2. The molecule has 0 fully saturated rings. The van der Waals surface area contributed by atoms with Gasteiger partial charge in [0.15, 0.2) is 5.57 Å². The number of benzene rings is 1. The highest BCUT2D eigenvalue weighted by atomic mass is 16.5. The molecular weight excluding hydrogens is 256 g/mol. The molecule has 5 nitrogen and oxygen atoms in total. The Hall–Kier alpha value is -2.48. The van der Waals surface area contributed by atoms with Crippen LogP contribution in [-0.4, -0.2) is 19.7 Å². The minimum Gasteiger partial charge on any atom is -0.493 e. The number of nitriles is 1. The van der Waals surface area contributed by atoms with E-state index in [9.17, 15) is 4.79 Å². The first-order valence-corrected chi connectivity index (χ1v) is 6.24. The van der Waals surface area contributed by atoms with Crippen LogP contribution in [0.1, 0.15) is 13.8 Å². The number of carbonyl (C=O) groups excluding carboxylic acids is 1. The maximum Gasteiger partial charge on any atom is 0.350 e. The number of hydrogen-bond donors (Lipinski definition) is 1. The van der Waals surface area contributed by atoms with Crippen molar-refractivity contribution < 1.29 is 14.3 Å². The minimum atomic E-state index is -0.670. The van der Waals surface area contributed by atoms with E-state index in [1.807, 2.05) is 12.1 Å². The van der Waals surface area contributed by atoms with Gasteiger partial charge in [0.25, 0.3) is 0 Å². The van der Waals surface area contributed by atoms with E-state index >= 15 is 0 Å². The van der Waals surface area contributed by atoms with Crippen LogP contribution < -0.4 is 10.1 Å². The Bertz CT molecular complexity index is 513. The molecule has 0 saturated carbocycles. The quantitative estimate of drug-likeness (QED) is 0.490. The monoisotopic (exact) mass is 274 g/mol. The molecule has 0 atom stereocenters. The van der Waals surface area contributed by atoms with Gasteiger partial charge in [0.2, 0.25) is 0 Å². The zero-order valence-corrected chi connectivity index (χ0v) is 11.8. The standard InChI is InChI=1S/C15H18N2O3/c1-11(2)10-20-14-6-4-13(5-7-14)17-9-12(8-16)15(18)19-3/h4-7,9,11,17H,10H2,1-3H3/b12-9+. The lowest BCUT2D eigenvalue weighted by Gasteiger charge is -2.09. The summed E-state index contributed by atoms with van der Waals surface area (Å²) in [6.07, 6.45) is 1.32. The SMILES string of the molecule is COC(=O)/C(C#N)=C/Nc1ccc(OCC(C)C)cc1. The zero-order valence-electron chi connectivity index (χ0n) is 11.8. The summed E-state index contributed by atoms with van der Waals surface area (Å²) in [5, 5.41) is 11.7. The van der Waals surface area contributed by atoms with Crippen molar-refractivity contribution >= 4 is 11.7 Å². The van der Waals surface area contributed by atoms with E-state index in [1.165, 1.54) is 13.3 Å². The second-order valence-electron chi connectivity index (χ2n) is 4.53. The molecule has 0 radical (unpaired) electrons. The van der Waals surface area contributed by atoms with Gasteiger partial charge in [-0.25, -0.2) is 4.79 Å². The third kappa shape index (κ3) is 5.02. The molecule has 0 aliphatic rings. The Morgan fingerprint density at radius 2 is 2.05 bits per heavy atom. The van der Waals surface area contributed by atoms with Crippen molar-refractivity contribution in [2.24, 2.45) is 5.92 Å². The van der Waals surface area contributed by atoms with Crippen molar-refractivity contribution in [3.63, 3.8) is 0 Å². The van der Waals surface area contributed by atoms with Crippen LogP contribution in [0.2, 0.25) is 0 Å². The van der Waals surface area contributed by atoms with E-state index in [-0.39, 0.29) is 5.57 Å². The molecule has 1 rings (SSSR count). The molecule has 0 amide bonds. The molecular formula is C15H18N2O3. The summed E-state index contributed by atoms with van der Waals surface area (Å²) >= 11 is 0. The van der Waals surface area contributed by atoms with E-state index < -0.39 is 5.97 Å². The Kier molecular flexibility index (Phi) is 6.11. The second-order valence-corrected chi connectivity index (χ2v) is 4.53. The first-order valence-electron chi connectivity index (χ1n) is 6.24. The number of hydrogen-bond acceptors (Lipinski definition) is 5. The third-order valence-corrected chi connectivity index (χ3v) is 2.35. The smallest absolute Gasteiger partial charge is 0.350 e. The summed E-state index contributed by atoms with van der Waals surface area (Å²) < 4.78 is 10.0. The molecule has 0 aromatic heterocycles. The lowest BCUT2D eigenvalue weighted by Crippen LogP contribution is -2.05. The van der Waals surface area contributed by atoms with Crippen molar-refractivity contribution in [2.45, 2.75) is 13.8 Å². The van der Waals surface area contributed by atoms with E-state index in [4.69, 9.17) is 10.00 Å². The number of rotatable bonds is 6. The summed E-state index contributed by atoms with van der Waals surface area (Å²) in [5.74, 6) is 0.576. The molecule has 1 N–H and O–H groups in total. The Morgan fingerprint density at radius 3 is 2.55 bits per heavy atom. The highest BCUT2D eigenvalue weighted by molar-refractivity contribution is 5.92. The topological polar surface area (TPSA) is 71.4 Å². The van der Waals surface area contributed by atoms with Crippen LogP contribution in [0, 0.1) is 17.2 Å². The van der Waals surface area contributed by atoms with Crippen LogP contribution in [-0.2, 0) is 9.53 Å². The van der Waals surface area contributed by atoms with Gasteiger partial charge in [-0.3, -0.25) is 0 Å². The highest BCUT2D eigenvalue weighted by Gasteiger charge is 2.07. The van der Waals surface area contributed by atoms with Gasteiger partial charge in [-0.1, -0.05) is 13.8 Å². The summed E-state index contributed by atoms with van der Waals surface area (Å²) in [6.45, 7) is 4.82. The first kappa shape index (κ1) is 15.6. The molecule has 0 saturated heterocycles. The summed E-state index contributed by atoms with van der Waals surface area (Å²) in [5.41, 5.74) is 0.659. The Morgan fingerprint density at radius 1 is 1.40 bits per heavy atom. The molecule has 0 unspecified atom stereocenters. The number of methoxy groups -OCH3 is 1. The fourth-order valence-corrected chi connectivity index (χ4v) is 1.31. The van der Waals surface area contributed by atoms with Gasteiger partial charge in [0.1, 0.15) is 11.8 Å². The molecule has 1 aromatic carbocycles. The molecule has 20 heavy (non-hydrogen) atoms. The predicted molar refractivity (Wildman–Crippen MR) is 76.1 cm³/mol. The molecule has 0 spiro atoms. The van der Waals surface area contributed by atoms with Crippen molar-refractivity contribution in [3.8, 4) is 11.8 Å². The molecule has 0 heterocycles. The second kappa shape index (κ2) is 7.85. The van der Waals surface area contributed by atoms with Crippen molar-refractivity contribution in [1.82, 2.24) is 0 Å². The van der Waals surface area contributed by atoms with Crippen molar-refractivity contribution in [1.29, 1.82) is 5.26 Å². The largest absolute Gasteiger partial charge is 0.493 e. The predicted octanol–water partition coefficient (Wildman–Crippen LogP) is 2.71. The molecule has 0 aliphatic heterocycles. The van der Waals surface area contributed by atoms with Crippen LogP contribution in [0.5, 0.6) is 5.75 Å².